The maximum atomic E-state index is 11.4. The van der Waals surface area contributed by atoms with Gasteiger partial charge in [-0.05, 0) is 18.2 Å². The second kappa shape index (κ2) is 4.56. The number of carbonyl (C=O) groups excluding carboxylic acids is 1. The molecule has 2 rings (SSSR count). The molecule has 1 aromatic rings. The van der Waals surface area contributed by atoms with Crippen LogP contribution in [0, 0.1) is 0 Å². The monoisotopic (exact) mass is 251 g/mol. The third-order valence-electron chi connectivity index (χ3n) is 2.78. The van der Waals surface area contributed by atoms with Crippen LogP contribution in [-0.2, 0) is 9.53 Å². The molecule has 0 aliphatic carbocycles. The predicted molar refractivity (Wildman–Crippen MR) is 63.1 cm³/mol. The van der Waals surface area contributed by atoms with E-state index in [0.29, 0.717) is 17.0 Å². The van der Waals surface area contributed by atoms with Crippen LogP contribution in [-0.4, -0.2) is 43.9 Å². The Kier molecular flexibility index (Phi) is 3.10. The minimum absolute atomic E-state index is 0.229. The van der Waals surface area contributed by atoms with E-state index in [-0.39, 0.29) is 6.54 Å². The van der Waals surface area contributed by atoms with Gasteiger partial charge in [-0.1, -0.05) is 0 Å². The van der Waals surface area contributed by atoms with Gasteiger partial charge < -0.3 is 19.5 Å². The Labute approximate surface area is 104 Å². The number of rotatable bonds is 2. The van der Waals surface area contributed by atoms with Crippen molar-refractivity contribution in [3.8, 4) is 5.75 Å². The molecule has 1 heterocycles. The maximum Gasteiger partial charge on any atom is 0.346 e. The lowest BCUT2D eigenvalue weighted by Gasteiger charge is -2.31. The highest BCUT2D eigenvalue weighted by atomic mass is 16.5. The Hall–Kier alpha value is -2.24. The number of hydrogen-bond donors (Lipinski definition) is 1. The van der Waals surface area contributed by atoms with E-state index in [0.717, 1.165) is 0 Å². The zero-order valence-electron chi connectivity index (χ0n) is 10.0. The molecule has 0 aromatic heterocycles. The molecule has 96 valence electrons. The lowest BCUT2D eigenvalue weighted by molar-refractivity contribution is -0.144. The number of methoxy groups -OCH3 is 1. The zero-order chi connectivity index (χ0) is 13.3. The largest absolute Gasteiger partial charge is 0.478 e. The number of anilines is 1. The van der Waals surface area contributed by atoms with Crippen molar-refractivity contribution in [2.75, 3.05) is 25.6 Å². The van der Waals surface area contributed by atoms with Crippen molar-refractivity contribution >= 4 is 17.6 Å². The number of esters is 1. The Morgan fingerprint density at radius 2 is 2.22 bits per heavy atom. The van der Waals surface area contributed by atoms with Crippen LogP contribution < -0.4 is 9.64 Å². The fourth-order valence-corrected chi connectivity index (χ4v) is 1.83. The van der Waals surface area contributed by atoms with Crippen LogP contribution in [0.3, 0.4) is 0 Å². The average molecular weight is 251 g/mol. The highest BCUT2D eigenvalue weighted by molar-refractivity contribution is 5.91. The number of hydrogen-bond acceptors (Lipinski definition) is 5. The molecule has 6 nitrogen and oxygen atoms in total. The minimum atomic E-state index is -1.01. The van der Waals surface area contributed by atoms with Crippen LogP contribution in [0.2, 0.25) is 0 Å². The van der Waals surface area contributed by atoms with Gasteiger partial charge in [-0.25, -0.2) is 9.59 Å². The molecule has 1 atom stereocenters. The third kappa shape index (κ3) is 2.09. The molecule has 0 saturated carbocycles. The summed E-state index contributed by atoms with van der Waals surface area (Å²) in [4.78, 5) is 24.0. The SMILES string of the molecule is COC(=O)c1ccc2c(c1)N(C)CC(C(=O)O)O2. The fourth-order valence-electron chi connectivity index (χ4n) is 1.83. The first kappa shape index (κ1) is 12.2. The smallest absolute Gasteiger partial charge is 0.346 e. The molecule has 0 bridgehead atoms. The molecule has 1 aliphatic heterocycles. The quantitative estimate of drug-likeness (QED) is 0.782. The standard InChI is InChI=1S/C12H13NO5/c1-13-6-10(11(14)15)18-9-4-3-7(5-8(9)13)12(16)17-2/h3-5,10H,6H2,1-2H3,(H,14,15). The van der Waals surface area contributed by atoms with Crippen molar-refractivity contribution in [1.29, 1.82) is 0 Å². The van der Waals surface area contributed by atoms with E-state index in [2.05, 4.69) is 4.74 Å². The highest BCUT2D eigenvalue weighted by Gasteiger charge is 2.29. The Morgan fingerprint density at radius 3 is 2.83 bits per heavy atom. The number of likely N-dealkylation sites (N-methyl/N-ethyl adjacent to an activating group) is 1. The number of fused-ring (bicyclic) bond motifs is 1. The van der Waals surface area contributed by atoms with Gasteiger partial charge in [0, 0.05) is 7.05 Å². The van der Waals surface area contributed by atoms with Crippen LogP contribution in [0.5, 0.6) is 5.75 Å². The second-order valence-corrected chi connectivity index (χ2v) is 4.00. The number of carboxylic acid groups (broad SMARTS) is 1. The van der Waals surface area contributed by atoms with Gasteiger partial charge in [-0.15, -0.1) is 0 Å². The lowest BCUT2D eigenvalue weighted by Crippen LogP contribution is -2.42. The summed E-state index contributed by atoms with van der Waals surface area (Å²) in [5.74, 6) is -1.00. The molecule has 0 radical (unpaired) electrons. The molecule has 18 heavy (non-hydrogen) atoms. The number of aliphatic carboxylic acids is 1. The lowest BCUT2D eigenvalue weighted by atomic mass is 10.1. The van der Waals surface area contributed by atoms with E-state index in [1.807, 2.05) is 0 Å². The molecular formula is C12H13NO5. The van der Waals surface area contributed by atoms with E-state index >= 15 is 0 Å². The Bertz CT molecular complexity index is 499. The normalized spacial score (nSPS) is 17.7. The van der Waals surface area contributed by atoms with Crippen molar-refractivity contribution in [2.45, 2.75) is 6.10 Å². The molecule has 1 aliphatic rings. The molecular weight excluding hydrogens is 238 g/mol. The number of carbonyl (C=O) groups is 2. The summed E-state index contributed by atoms with van der Waals surface area (Å²) in [5.41, 5.74) is 1.08. The molecule has 0 amide bonds. The number of nitrogens with zero attached hydrogens (tertiary/aromatic N) is 1. The molecule has 0 saturated heterocycles. The van der Waals surface area contributed by atoms with E-state index in [1.165, 1.54) is 7.11 Å². The summed E-state index contributed by atoms with van der Waals surface area (Å²) in [6, 6.07) is 4.75. The van der Waals surface area contributed by atoms with Crippen molar-refractivity contribution in [3.63, 3.8) is 0 Å². The van der Waals surface area contributed by atoms with Gasteiger partial charge in [0.1, 0.15) is 5.75 Å². The van der Waals surface area contributed by atoms with Gasteiger partial charge in [0.2, 0.25) is 6.10 Å². The van der Waals surface area contributed by atoms with Gasteiger partial charge in [0.25, 0.3) is 0 Å². The summed E-state index contributed by atoms with van der Waals surface area (Å²) < 4.78 is 9.97. The summed E-state index contributed by atoms with van der Waals surface area (Å²) in [5, 5.41) is 8.94. The summed E-state index contributed by atoms with van der Waals surface area (Å²) >= 11 is 0. The highest BCUT2D eigenvalue weighted by Crippen LogP contribution is 2.33. The minimum Gasteiger partial charge on any atom is -0.478 e. The Balaban J connectivity index is 2.35. The number of benzene rings is 1. The summed E-state index contributed by atoms with van der Waals surface area (Å²) in [7, 11) is 3.06. The Morgan fingerprint density at radius 1 is 1.50 bits per heavy atom. The van der Waals surface area contributed by atoms with E-state index in [4.69, 9.17) is 9.84 Å². The molecule has 0 fully saturated rings. The molecule has 1 N–H and O–H groups in total. The zero-order valence-corrected chi connectivity index (χ0v) is 10.0. The van der Waals surface area contributed by atoms with Gasteiger partial charge >= 0.3 is 11.9 Å². The molecule has 1 aromatic carbocycles. The number of ether oxygens (including phenoxy) is 2. The third-order valence-corrected chi connectivity index (χ3v) is 2.78. The first-order chi connectivity index (χ1) is 8.52. The summed E-state index contributed by atoms with van der Waals surface area (Å²) in [6.45, 7) is 0.229. The fraction of sp³-hybridized carbons (Fsp3) is 0.333. The van der Waals surface area contributed by atoms with Gasteiger partial charge in [0.15, 0.2) is 0 Å². The molecule has 1 unspecified atom stereocenters. The van der Waals surface area contributed by atoms with Crippen molar-refractivity contribution in [2.24, 2.45) is 0 Å². The molecule has 0 spiro atoms. The van der Waals surface area contributed by atoms with Gasteiger partial charge in [0.05, 0.1) is 24.9 Å². The number of carboxylic acids is 1. The summed E-state index contributed by atoms with van der Waals surface area (Å²) in [6.07, 6.45) is -0.897. The van der Waals surface area contributed by atoms with E-state index in [1.54, 1.807) is 30.1 Å². The average Bonchev–Trinajstić information content (AvgIpc) is 2.37. The first-order valence-corrected chi connectivity index (χ1v) is 5.36. The van der Waals surface area contributed by atoms with Crippen molar-refractivity contribution in [1.82, 2.24) is 0 Å². The van der Waals surface area contributed by atoms with E-state index in [9.17, 15) is 9.59 Å². The van der Waals surface area contributed by atoms with Crippen LogP contribution in [0.4, 0.5) is 5.69 Å². The topological polar surface area (TPSA) is 76.1 Å². The molecule has 6 heteroatoms. The van der Waals surface area contributed by atoms with Crippen LogP contribution in [0.25, 0.3) is 0 Å². The van der Waals surface area contributed by atoms with Crippen molar-refractivity contribution < 1.29 is 24.2 Å². The van der Waals surface area contributed by atoms with Crippen LogP contribution in [0.15, 0.2) is 18.2 Å². The van der Waals surface area contributed by atoms with Crippen molar-refractivity contribution in [3.05, 3.63) is 23.8 Å². The van der Waals surface area contributed by atoms with E-state index < -0.39 is 18.0 Å². The van der Waals surface area contributed by atoms with Gasteiger partial charge in [-0.2, -0.15) is 0 Å². The second-order valence-electron chi connectivity index (χ2n) is 4.00. The van der Waals surface area contributed by atoms with Crippen LogP contribution in [0.1, 0.15) is 10.4 Å². The first-order valence-electron chi connectivity index (χ1n) is 5.36. The van der Waals surface area contributed by atoms with Gasteiger partial charge in [-0.3, -0.25) is 0 Å². The predicted octanol–water partition coefficient (Wildman–Crippen LogP) is 0.755. The van der Waals surface area contributed by atoms with Crippen LogP contribution >= 0.6 is 0 Å². The maximum absolute atomic E-state index is 11.4.